The molecule has 4 nitrogen and oxygen atoms in total. The molecule has 1 amide bonds. The minimum atomic E-state index is -0.375. The average molecular weight is 314 g/mol. The van der Waals surface area contributed by atoms with Gasteiger partial charge < -0.3 is 15.7 Å². The fourth-order valence-electron chi connectivity index (χ4n) is 3.35. The standard InChI is InChI=1S/C17H18N2O2S/c1-9-5-4-7-11(14(9)20)15-18-16(21)13-10-6-2-3-8-12(10)22-17(13)19-15/h4-5,7,15,19-20H,2-3,6,8H2,1H3,(H,18,21). The minimum Gasteiger partial charge on any atom is -0.507 e. The fourth-order valence-corrected chi connectivity index (χ4v) is 4.66. The van der Waals surface area contributed by atoms with Crippen LogP contribution in [-0.2, 0) is 12.8 Å². The number of phenolic OH excluding ortho intramolecular Hbond substituents is 1. The number of fused-ring (bicyclic) bond motifs is 3. The lowest BCUT2D eigenvalue weighted by Crippen LogP contribution is -2.38. The van der Waals surface area contributed by atoms with Crippen molar-refractivity contribution in [1.29, 1.82) is 0 Å². The molecule has 1 aromatic carbocycles. The van der Waals surface area contributed by atoms with Gasteiger partial charge >= 0.3 is 0 Å². The number of aromatic hydroxyl groups is 1. The monoisotopic (exact) mass is 314 g/mol. The molecular weight excluding hydrogens is 296 g/mol. The van der Waals surface area contributed by atoms with Crippen molar-refractivity contribution in [2.75, 3.05) is 5.32 Å². The highest BCUT2D eigenvalue weighted by atomic mass is 32.1. The van der Waals surface area contributed by atoms with Crippen LogP contribution in [0.2, 0.25) is 0 Å². The number of hydrogen-bond donors (Lipinski definition) is 3. The normalized spacial score (nSPS) is 19.9. The van der Waals surface area contributed by atoms with Gasteiger partial charge in [-0.3, -0.25) is 4.79 Å². The summed E-state index contributed by atoms with van der Waals surface area (Å²) in [5.74, 6) is 0.212. The van der Waals surface area contributed by atoms with Crippen LogP contribution < -0.4 is 10.6 Å². The third-order valence-electron chi connectivity index (χ3n) is 4.53. The number of carbonyl (C=O) groups is 1. The van der Waals surface area contributed by atoms with E-state index in [1.807, 2.05) is 25.1 Å². The van der Waals surface area contributed by atoms with Crippen LogP contribution in [0, 0.1) is 6.92 Å². The number of nitrogens with one attached hydrogen (secondary N) is 2. The molecule has 0 radical (unpaired) electrons. The quantitative estimate of drug-likeness (QED) is 0.755. The second kappa shape index (κ2) is 5.02. The van der Waals surface area contributed by atoms with Crippen LogP contribution in [0.1, 0.15) is 50.9 Å². The highest BCUT2D eigenvalue weighted by Crippen LogP contribution is 2.42. The van der Waals surface area contributed by atoms with Crippen LogP contribution >= 0.6 is 11.3 Å². The summed E-state index contributed by atoms with van der Waals surface area (Å²) in [6.07, 6.45) is 4.06. The Labute approximate surface area is 133 Å². The molecule has 1 aromatic heterocycles. The molecule has 5 heteroatoms. The van der Waals surface area contributed by atoms with Crippen molar-refractivity contribution in [3.63, 3.8) is 0 Å². The maximum atomic E-state index is 12.6. The zero-order chi connectivity index (χ0) is 15.3. The zero-order valence-electron chi connectivity index (χ0n) is 12.4. The molecule has 0 bridgehead atoms. The topological polar surface area (TPSA) is 61.4 Å². The number of rotatable bonds is 1. The largest absolute Gasteiger partial charge is 0.507 e. The number of benzene rings is 1. The van der Waals surface area contributed by atoms with Crippen molar-refractivity contribution in [2.24, 2.45) is 0 Å². The van der Waals surface area contributed by atoms with Gasteiger partial charge in [-0.1, -0.05) is 18.2 Å². The molecule has 1 atom stereocenters. The van der Waals surface area contributed by atoms with Gasteiger partial charge in [0.1, 0.15) is 16.9 Å². The summed E-state index contributed by atoms with van der Waals surface area (Å²) in [5, 5.41) is 17.6. The first-order valence-corrected chi connectivity index (χ1v) is 8.47. The SMILES string of the molecule is Cc1cccc(C2NC(=O)c3c(sc4c3CCCC4)N2)c1O. The van der Waals surface area contributed by atoms with Crippen LogP contribution in [0.3, 0.4) is 0 Å². The first-order valence-electron chi connectivity index (χ1n) is 7.65. The summed E-state index contributed by atoms with van der Waals surface area (Å²) < 4.78 is 0. The Morgan fingerprint density at radius 3 is 2.91 bits per heavy atom. The molecule has 1 unspecified atom stereocenters. The lowest BCUT2D eigenvalue weighted by atomic mass is 9.94. The van der Waals surface area contributed by atoms with E-state index in [1.54, 1.807) is 11.3 Å². The number of aryl methyl sites for hydroxylation is 2. The average Bonchev–Trinajstić information content (AvgIpc) is 2.88. The van der Waals surface area contributed by atoms with Gasteiger partial charge in [-0.05, 0) is 43.7 Å². The highest BCUT2D eigenvalue weighted by Gasteiger charge is 2.32. The lowest BCUT2D eigenvalue weighted by Gasteiger charge is -2.27. The van der Waals surface area contributed by atoms with Crippen molar-refractivity contribution >= 4 is 22.2 Å². The Hall–Kier alpha value is -2.01. The molecule has 2 heterocycles. The van der Waals surface area contributed by atoms with Crippen molar-refractivity contribution in [1.82, 2.24) is 5.32 Å². The first kappa shape index (κ1) is 13.6. The Morgan fingerprint density at radius 2 is 2.05 bits per heavy atom. The highest BCUT2D eigenvalue weighted by molar-refractivity contribution is 7.16. The van der Waals surface area contributed by atoms with Crippen molar-refractivity contribution in [3.05, 3.63) is 45.3 Å². The van der Waals surface area contributed by atoms with E-state index in [9.17, 15) is 9.90 Å². The first-order chi connectivity index (χ1) is 10.6. The molecule has 0 saturated carbocycles. The number of thiophene rings is 1. The molecule has 4 rings (SSSR count). The summed E-state index contributed by atoms with van der Waals surface area (Å²) in [7, 11) is 0. The number of hydrogen-bond acceptors (Lipinski definition) is 4. The maximum Gasteiger partial charge on any atom is 0.256 e. The van der Waals surface area contributed by atoms with Gasteiger partial charge in [-0.2, -0.15) is 0 Å². The van der Waals surface area contributed by atoms with Crippen LogP contribution in [0.25, 0.3) is 0 Å². The van der Waals surface area contributed by atoms with E-state index >= 15 is 0 Å². The maximum absolute atomic E-state index is 12.6. The number of phenols is 1. The molecular formula is C17H18N2O2S. The molecule has 1 aliphatic carbocycles. The third kappa shape index (κ3) is 2.00. The second-order valence-corrected chi connectivity index (χ2v) is 7.08. The Kier molecular flexibility index (Phi) is 3.11. The van der Waals surface area contributed by atoms with E-state index in [-0.39, 0.29) is 17.8 Å². The van der Waals surface area contributed by atoms with E-state index in [4.69, 9.17) is 0 Å². The lowest BCUT2D eigenvalue weighted by molar-refractivity contribution is 0.0935. The Morgan fingerprint density at radius 1 is 1.23 bits per heavy atom. The smallest absolute Gasteiger partial charge is 0.256 e. The van der Waals surface area contributed by atoms with Gasteiger partial charge in [0.25, 0.3) is 5.91 Å². The minimum absolute atomic E-state index is 0.0287. The second-order valence-electron chi connectivity index (χ2n) is 5.98. The molecule has 114 valence electrons. The van der Waals surface area contributed by atoms with E-state index in [0.717, 1.165) is 35.4 Å². The summed E-state index contributed by atoms with van der Waals surface area (Å²) in [6.45, 7) is 1.86. The predicted octanol–water partition coefficient (Wildman–Crippen LogP) is 3.50. The molecule has 3 N–H and O–H groups in total. The number of anilines is 1. The number of carbonyl (C=O) groups excluding carboxylic acids is 1. The summed E-state index contributed by atoms with van der Waals surface area (Å²) in [5.41, 5.74) is 3.57. The van der Waals surface area contributed by atoms with Gasteiger partial charge in [0.05, 0.1) is 5.56 Å². The van der Waals surface area contributed by atoms with E-state index in [2.05, 4.69) is 10.6 Å². The van der Waals surface area contributed by atoms with Crippen molar-refractivity contribution < 1.29 is 9.90 Å². The van der Waals surface area contributed by atoms with E-state index < -0.39 is 0 Å². The predicted molar refractivity (Wildman–Crippen MR) is 87.6 cm³/mol. The number of amides is 1. The van der Waals surface area contributed by atoms with Crippen molar-refractivity contribution in [2.45, 2.75) is 38.8 Å². The van der Waals surface area contributed by atoms with Gasteiger partial charge in [0.2, 0.25) is 0 Å². The van der Waals surface area contributed by atoms with E-state index in [1.165, 1.54) is 16.9 Å². The third-order valence-corrected chi connectivity index (χ3v) is 5.75. The Balaban J connectivity index is 1.75. The molecule has 22 heavy (non-hydrogen) atoms. The molecule has 1 aliphatic heterocycles. The molecule has 0 fully saturated rings. The van der Waals surface area contributed by atoms with Gasteiger partial charge in [0, 0.05) is 10.4 Å². The molecule has 0 spiro atoms. The van der Waals surface area contributed by atoms with E-state index in [0.29, 0.717) is 5.56 Å². The summed E-state index contributed by atoms with van der Waals surface area (Å²) in [6, 6.07) is 5.60. The van der Waals surface area contributed by atoms with Gasteiger partial charge in [-0.15, -0.1) is 11.3 Å². The Bertz CT molecular complexity index is 766. The van der Waals surface area contributed by atoms with Crippen LogP contribution in [0.4, 0.5) is 5.00 Å². The molecule has 2 aliphatic rings. The van der Waals surface area contributed by atoms with Crippen LogP contribution in [0.15, 0.2) is 18.2 Å². The van der Waals surface area contributed by atoms with Gasteiger partial charge in [0.15, 0.2) is 0 Å². The number of para-hydroxylation sites is 1. The summed E-state index contributed by atoms with van der Waals surface area (Å²) >= 11 is 1.70. The van der Waals surface area contributed by atoms with Crippen LogP contribution in [-0.4, -0.2) is 11.0 Å². The van der Waals surface area contributed by atoms with Crippen LogP contribution in [0.5, 0.6) is 5.75 Å². The molecule has 2 aromatic rings. The fraction of sp³-hybridized carbons (Fsp3) is 0.353. The van der Waals surface area contributed by atoms with Crippen molar-refractivity contribution in [3.8, 4) is 5.75 Å². The van der Waals surface area contributed by atoms with Gasteiger partial charge in [-0.25, -0.2) is 0 Å². The molecule has 0 saturated heterocycles. The zero-order valence-corrected chi connectivity index (χ0v) is 13.2. The summed E-state index contributed by atoms with van der Waals surface area (Å²) in [4.78, 5) is 13.9.